The van der Waals surface area contributed by atoms with E-state index < -0.39 is 11.6 Å². The molecule has 4 rings (SSSR count). The van der Waals surface area contributed by atoms with Gasteiger partial charge in [-0.3, -0.25) is 9.78 Å². The van der Waals surface area contributed by atoms with Crippen LogP contribution in [0.4, 0.5) is 14.5 Å². The number of pyridine rings is 1. The van der Waals surface area contributed by atoms with E-state index in [1.165, 1.54) is 17.0 Å². The summed E-state index contributed by atoms with van der Waals surface area (Å²) < 4.78 is 32.6. The number of hydrogen-bond acceptors (Lipinski definition) is 3. The number of carbonyl (C=O) groups is 1. The molecule has 0 radical (unpaired) electrons. The van der Waals surface area contributed by atoms with E-state index in [1.807, 2.05) is 30.3 Å². The minimum atomic E-state index is -0.673. The second kappa shape index (κ2) is 7.25. The third kappa shape index (κ3) is 3.71. The molecular formula is C21H16F2N2O2. The molecule has 3 aromatic rings. The first-order chi connectivity index (χ1) is 13.1. The van der Waals surface area contributed by atoms with E-state index in [-0.39, 0.29) is 19.1 Å². The normalized spacial score (nSPS) is 14.0. The highest BCUT2D eigenvalue weighted by atomic mass is 19.1. The van der Waals surface area contributed by atoms with Gasteiger partial charge in [0.15, 0.2) is 0 Å². The molecule has 4 nitrogen and oxygen atoms in total. The highest BCUT2D eigenvalue weighted by molar-refractivity contribution is 5.96. The highest BCUT2D eigenvalue weighted by Crippen LogP contribution is 2.31. The Balaban J connectivity index is 1.76. The summed E-state index contributed by atoms with van der Waals surface area (Å²) in [5.74, 6) is -1.61. The van der Waals surface area contributed by atoms with Gasteiger partial charge in [0, 0.05) is 29.6 Å². The van der Waals surface area contributed by atoms with Gasteiger partial charge in [-0.05, 0) is 35.4 Å². The van der Waals surface area contributed by atoms with Gasteiger partial charge in [0.05, 0.1) is 18.8 Å². The maximum Gasteiger partial charge on any atom is 0.253 e. The second-order valence-corrected chi connectivity index (χ2v) is 6.34. The van der Waals surface area contributed by atoms with Crippen molar-refractivity contribution in [2.45, 2.75) is 13.2 Å². The van der Waals surface area contributed by atoms with Gasteiger partial charge in [-0.15, -0.1) is 0 Å². The predicted octanol–water partition coefficient (Wildman–Crippen LogP) is 4.09. The second-order valence-electron chi connectivity index (χ2n) is 6.34. The van der Waals surface area contributed by atoms with Crippen LogP contribution in [0, 0.1) is 11.6 Å². The van der Waals surface area contributed by atoms with Crippen LogP contribution in [0.15, 0.2) is 60.9 Å². The van der Waals surface area contributed by atoms with Crippen molar-refractivity contribution < 1.29 is 18.3 Å². The molecule has 0 spiro atoms. The molecule has 1 aromatic heterocycles. The van der Waals surface area contributed by atoms with E-state index in [0.29, 0.717) is 17.9 Å². The van der Waals surface area contributed by atoms with Crippen LogP contribution < -0.4 is 4.90 Å². The molecule has 2 heterocycles. The number of fused-ring (bicyclic) bond motifs is 1. The van der Waals surface area contributed by atoms with Gasteiger partial charge in [-0.1, -0.05) is 18.2 Å². The average molecular weight is 366 g/mol. The van der Waals surface area contributed by atoms with Crippen molar-refractivity contribution >= 4 is 11.6 Å². The number of amides is 1. The van der Waals surface area contributed by atoms with Gasteiger partial charge >= 0.3 is 0 Å². The molecule has 0 saturated heterocycles. The van der Waals surface area contributed by atoms with Crippen LogP contribution in [0.25, 0.3) is 11.1 Å². The first-order valence-electron chi connectivity index (χ1n) is 8.46. The summed E-state index contributed by atoms with van der Waals surface area (Å²) in [5.41, 5.74) is 3.69. The molecule has 0 atom stereocenters. The summed E-state index contributed by atoms with van der Waals surface area (Å²) in [7, 11) is 0. The lowest BCUT2D eigenvalue weighted by Gasteiger charge is -2.23. The number of carbonyl (C=O) groups excluding carboxylic acids is 1. The van der Waals surface area contributed by atoms with E-state index in [2.05, 4.69) is 4.98 Å². The number of benzene rings is 2. The highest BCUT2D eigenvalue weighted by Gasteiger charge is 2.24. The van der Waals surface area contributed by atoms with Crippen LogP contribution in [0.1, 0.15) is 11.1 Å². The number of anilines is 1. The molecule has 27 heavy (non-hydrogen) atoms. The standard InChI is InChI=1S/C21H16F2N2O2/c22-18-6-14(7-19(23)9-18)11-25-20-8-15(16-2-1-5-24-10-16)3-4-17(20)12-27-13-21(25)26/h1-10H,11-13H2. The molecule has 0 aliphatic carbocycles. The van der Waals surface area contributed by atoms with Crippen molar-refractivity contribution in [2.75, 3.05) is 11.5 Å². The molecular weight excluding hydrogens is 350 g/mol. The summed E-state index contributed by atoms with van der Waals surface area (Å²) in [5, 5.41) is 0. The van der Waals surface area contributed by atoms with E-state index >= 15 is 0 Å². The van der Waals surface area contributed by atoms with Crippen LogP contribution in [0.5, 0.6) is 0 Å². The topological polar surface area (TPSA) is 42.4 Å². The van der Waals surface area contributed by atoms with Crippen LogP contribution >= 0.6 is 0 Å². The van der Waals surface area contributed by atoms with Crippen molar-refractivity contribution in [3.63, 3.8) is 0 Å². The molecule has 0 bridgehead atoms. The molecule has 136 valence electrons. The first-order valence-corrected chi connectivity index (χ1v) is 8.46. The van der Waals surface area contributed by atoms with Gasteiger partial charge in [-0.25, -0.2) is 8.78 Å². The van der Waals surface area contributed by atoms with E-state index in [4.69, 9.17) is 4.74 Å². The molecule has 0 unspecified atom stereocenters. The molecule has 1 aliphatic rings. The number of nitrogens with zero attached hydrogens (tertiary/aromatic N) is 2. The van der Waals surface area contributed by atoms with E-state index in [9.17, 15) is 13.6 Å². The fourth-order valence-electron chi connectivity index (χ4n) is 3.17. The van der Waals surface area contributed by atoms with Crippen molar-refractivity contribution in [3.05, 3.63) is 83.7 Å². The van der Waals surface area contributed by atoms with Gasteiger partial charge in [0.1, 0.15) is 18.2 Å². The predicted molar refractivity (Wildman–Crippen MR) is 96.9 cm³/mol. The number of ether oxygens (including phenoxy) is 1. The van der Waals surface area contributed by atoms with Crippen molar-refractivity contribution in [1.29, 1.82) is 0 Å². The Morgan fingerprint density at radius 1 is 1.00 bits per heavy atom. The van der Waals surface area contributed by atoms with Crippen LogP contribution in [-0.2, 0) is 22.7 Å². The van der Waals surface area contributed by atoms with Crippen LogP contribution in [0.2, 0.25) is 0 Å². The Bertz CT molecular complexity index is 972. The maximum atomic E-state index is 13.6. The number of halogens is 2. The Morgan fingerprint density at radius 3 is 2.56 bits per heavy atom. The zero-order chi connectivity index (χ0) is 18.8. The Morgan fingerprint density at radius 2 is 1.81 bits per heavy atom. The van der Waals surface area contributed by atoms with Crippen LogP contribution in [0.3, 0.4) is 0 Å². The molecule has 0 N–H and O–H groups in total. The smallest absolute Gasteiger partial charge is 0.253 e. The lowest BCUT2D eigenvalue weighted by Crippen LogP contribution is -2.32. The minimum Gasteiger partial charge on any atom is -0.367 e. The Hall–Kier alpha value is -3.12. The third-order valence-corrected chi connectivity index (χ3v) is 4.42. The first kappa shape index (κ1) is 17.3. The minimum absolute atomic E-state index is 0.0559. The lowest BCUT2D eigenvalue weighted by molar-refractivity contribution is -0.123. The fraction of sp³-hybridized carbons (Fsp3) is 0.143. The number of hydrogen-bond donors (Lipinski definition) is 0. The largest absolute Gasteiger partial charge is 0.367 e. The number of rotatable bonds is 3. The lowest BCUT2D eigenvalue weighted by atomic mass is 10.0. The number of aromatic nitrogens is 1. The summed E-state index contributed by atoms with van der Waals surface area (Å²) in [4.78, 5) is 18.2. The molecule has 0 fully saturated rings. The zero-order valence-corrected chi connectivity index (χ0v) is 14.4. The Labute approximate surface area is 155 Å². The van der Waals surface area contributed by atoms with Gasteiger partial charge in [0.2, 0.25) is 0 Å². The van der Waals surface area contributed by atoms with Crippen LogP contribution in [-0.4, -0.2) is 17.5 Å². The summed E-state index contributed by atoms with van der Waals surface area (Å²) in [6, 6.07) is 12.8. The third-order valence-electron chi connectivity index (χ3n) is 4.42. The van der Waals surface area contributed by atoms with Crippen molar-refractivity contribution in [1.82, 2.24) is 4.98 Å². The summed E-state index contributed by atoms with van der Waals surface area (Å²) in [6.07, 6.45) is 3.43. The zero-order valence-electron chi connectivity index (χ0n) is 14.4. The van der Waals surface area contributed by atoms with E-state index in [1.54, 1.807) is 12.4 Å². The molecule has 1 aliphatic heterocycles. The van der Waals surface area contributed by atoms with Crippen molar-refractivity contribution in [2.24, 2.45) is 0 Å². The molecule has 6 heteroatoms. The SMILES string of the molecule is O=C1COCc2ccc(-c3cccnc3)cc2N1Cc1cc(F)cc(F)c1. The van der Waals surface area contributed by atoms with Gasteiger partial charge < -0.3 is 9.64 Å². The average Bonchev–Trinajstić information content (AvgIpc) is 2.80. The van der Waals surface area contributed by atoms with Crippen molar-refractivity contribution in [3.8, 4) is 11.1 Å². The fourth-order valence-corrected chi connectivity index (χ4v) is 3.17. The van der Waals surface area contributed by atoms with E-state index in [0.717, 1.165) is 22.8 Å². The molecule has 0 saturated carbocycles. The summed E-state index contributed by atoms with van der Waals surface area (Å²) in [6.45, 7) is 0.261. The summed E-state index contributed by atoms with van der Waals surface area (Å²) >= 11 is 0. The monoisotopic (exact) mass is 366 g/mol. The Kier molecular flexibility index (Phi) is 4.64. The molecule has 2 aromatic carbocycles. The van der Waals surface area contributed by atoms with Gasteiger partial charge in [-0.2, -0.15) is 0 Å². The van der Waals surface area contributed by atoms with Gasteiger partial charge in [0.25, 0.3) is 5.91 Å². The maximum absolute atomic E-state index is 13.6. The molecule has 1 amide bonds. The quantitative estimate of drug-likeness (QED) is 0.701.